The minimum Gasteiger partial charge on any atom is -0.480 e. The van der Waals surface area contributed by atoms with E-state index in [-0.39, 0.29) is 22.8 Å². The fourth-order valence-corrected chi connectivity index (χ4v) is 4.43. The highest BCUT2D eigenvalue weighted by molar-refractivity contribution is 6.32. The van der Waals surface area contributed by atoms with Gasteiger partial charge >= 0.3 is 6.03 Å². The molecule has 8 nitrogen and oxygen atoms in total. The topological polar surface area (TPSA) is 82.6 Å². The van der Waals surface area contributed by atoms with Crippen LogP contribution >= 0.6 is 11.6 Å². The third-order valence-corrected chi connectivity index (χ3v) is 6.08. The molecule has 0 radical (unpaired) electrons. The quantitative estimate of drug-likeness (QED) is 0.564. The number of carbonyl (C=O) groups excluding carboxylic acids is 1. The van der Waals surface area contributed by atoms with Crippen molar-refractivity contribution in [2.45, 2.75) is 18.9 Å². The number of fused-ring (bicyclic) bond motifs is 1. The van der Waals surface area contributed by atoms with Crippen LogP contribution in [0.5, 0.6) is 5.88 Å². The van der Waals surface area contributed by atoms with Crippen molar-refractivity contribution < 1.29 is 13.9 Å². The molecule has 3 aromatic rings. The minimum absolute atomic E-state index is 0.214. The third-order valence-electron chi connectivity index (χ3n) is 5.81. The number of piperidine rings is 1. The Morgan fingerprint density at radius 3 is 2.82 bits per heavy atom. The molecule has 33 heavy (non-hydrogen) atoms. The van der Waals surface area contributed by atoms with Gasteiger partial charge in [-0.05, 0) is 50.7 Å². The lowest BCUT2D eigenvalue weighted by atomic mass is 10.0. The number of urea groups is 1. The highest BCUT2D eigenvalue weighted by atomic mass is 35.5. The number of likely N-dealkylation sites (N-methyl/N-ethyl adjacent to an activating group) is 2. The first-order chi connectivity index (χ1) is 15.9. The number of pyridine rings is 2. The Balaban J connectivity index is 1.65. The van der Waals surface area contributed by atoms with Gasteiger partial charge in [0, 0.05) is 25.0 Å². The zero-order valence-electron chi connectivity index (χ0n) is 18.7. The molecular weight excluding hydrogens is 447 g/mol. The molecule has 1 aliphatic heterocycles. The zero-order valence-corrected chi connectivity index (χ0v) is 19.5. The number of anilines is 3. The predicted octanol–water partition coefficient (Wildman–Crippen LogP) is 4.61. The Hall–Kier alpha value is -3.17. The van der Waals surface area contributed by atoms with Gasteiger partial charge in [-0.2, -0.15) is 0 Å². The molecule has 1 saturated heterocycles. The maximum Gasteiger partial charge on any atom is 0.323 e. The van der Waals surface area contributed by atoms with Gasteiger partial charge in [-0.25, -0.2) is 14.2 Å². The van der Waals surface area contributed by atoms with Crippen LogP contribution < -0.4 is 20.3 Å². The summed E-state index contributed by atoms with van der Waals surface area (Å²) >= 11 is 6.10. The lowest BCUT2D eigenvalue weighted by Crippen LogP contribution is -2.45. The van der Waals surface area contributed by atoms with E-state index in [9.17, 15) is 9.18 Å². The normalized spacial score (nSPS) is 16.5. The summed E-state index contributed by atoms with van der Waals surface area (Å²) in [6.45, 7) is 1.92. The van der Waals surface area contributed by atoms with Gasteiger partial charge in [0.25, 0.3) is 0 Å². The van der Waals surface area contributed by atoms with E-state index in [1.54, 1.807) is 18.3 Å². The van der Waals surface area contributed by atoms with Crippen LogP contribution in [0.3, 0.4) is 0 Å². The van der Waals surface area contributed by atoms with Crippen molar-refractivity contribution in [1.82, 2.24) is 14.9 Å². The Morgan fingerprint density at radius 2 is 2.09 bits per heavy atom. The molecule has 3 heterocycles. The van der Waals surface area contributed by atoms with E-state index >= 15 is 0 Å². The van der Waals surface area contributed by atoms with Crippen LogP contribution in [0, 0.1) is 5.82 Å². The monoisotopic (exact) mass is 472 g/mol. The van der Waals surface area contributed by atoms with Crippen molar-refractivity contribution in [3.8, 4) is 5.88 Å². The minimum atomic E-state index is -0.494. The smallest absolute Gasteiger partial charge is 0.323 e. The van der Waals surface area contributed by atoms with Crippen LogP contribution in [0.2, 0.25) is 5.02 Å². The third kappa shape index (κ3) is 5.09. The van der Waals surface area contributed by atoms with Crippen LogP contribution in [-0.2, 0) is 0 Å². The Bertz CT molecular complexity index is 1180. The molecule has 2 amide bonds. The number of carbonyl (C=O) groups is 1. The molecule has 0 saturated carbocycles. The van der Waals surface area contributed by atoms with Crippen molar-refractivity contribution in [3.63, 3.8) is 0 Å². The van der Waals surface area contributed by atoms with Crippen molar-refractivity contribution in [3.05, 3.63) is 47.5 Å². The van der Waals surface area contributed by atoms with E-state index in [1.807, 2.05) is 7.05 Å². The molecule has 10 heteroatoms. The average Bonchev–Trinajstić information content (AvgIpc) is 2.78. The molecule has 1 unspecified atom stereocenters. The standard InChI is InChI=1S/C23H26ClFN6O2/c1-30-8-4-5-16(13-30)31(2)21-17-9-14(25)6-7-19(17)26-12-20(21)29-23(32)28-15-10-18(24)22(33-3)27-11-15/h6-7,9-12,16H,4-5,8,13H2,1-3H3,(H2,28,29,32). The number of likely N-dealkylation sites (tertiary alicyclic amines) is 1. The first-order valence-corrected chi connectivity index (χ1v) is 11.0. The van der Waals surface area contributed by atoms with Gasteiger partial charge in [0.1, 0.15) is 10.8 Å². The van der Waals surface area contributed by atoms with Crippen LogP contribution in [0.4, 0.5) is 26.2 Å². The highest BCUT2D eigenvalue weighted by Crippen LogP contribution is 2.36. The van der Waals surface area contributed by atoms with E-state index in [0.29, 0.717) is 22.3 Å². The number of amides is 2. The second-order valence-corrected chi connectivity index (χ2v) is 8.55. The zero-order chi connectivity index (χ0) is 23.5. The lowest BCUT2D eigenvalue weighted by molar-refractivity contribution is 0.248. The SMILES string of the molecule is COc1ncc(NC(=O)Nc2cnc3ccc(F)cc3c2N(C)C2CCCN(C)C2)cc1Cl. The maximum atomic E-state index is 14.2. The number of nitrogens with zero attached hydrogens (tertiary/aromatic N) is 4. The molecule has 0 aliphatic carbocycles. The number of ether oxygens (including phenoxy) is 1. The van der Waals surface area contributed by atoms with Crippen LogP contribution in [0.1, 0.15) is 12.8 Å². The molecular formula is C23H26ClFN6O2. The van der Waals surface area contributed by atoms with Gasteiger partial charge in [0.15, 0.2) is 0 Å². The fourth-order valence-electron chi connectivity index (χ4n) is 4.19. The molecule has 4 rings (SSSR count). The van der Waals surface area contributed by atoms with Crippen molar-refractivity contribution in [2.24, 2.45) is 0 Å². The van der Waals surface area contributed by atoms with Gasteiger partial charge < -0.3 is 25.2 Å². The molecule has 1 atom stereocenters. The van der Waals surface area contributed by atoms with Gasteiger partial charge in [-0.3, -0.25) is 4.98 Å². The highest BCUT2D eigenvalue weighted by Gasteiger charge is 2.25. The maximum absolute atomic E-state index is 14.2. The molecule has 2 N–H and O–H groups in total. The van der Waals surface area contributed by atoms with E-state index < -0.39 is 6.03 Å². The molecule has 1 aliphatic rings. The predicted molar refractivity (Wildman–Crippen MR) is 129 cm³/mol. The second kappa shape index (κ2) is 9.76. The van der Waals surface area contributed by atoms with Crippen molar-refractivity contribution >= 4 is 45.6 Å². The number of halogens is 2. The van der Waals surface area contributed by atoms with Crippen LogP contribution in [-0.4, -0.2) is 61.2 Å². The second-order valence-electron chi connectivity index (χ2n) is 8.15. The lowest BCUT2D eigenvalue weighted by Gasteiger charge is -2.38. The Kier molecular flexibility index (Phi) is 6.80. The van der Waals surface area contributed by atoms with Gasteiger partial charge in [0.2, 0.25) is 5.88 Å². The van der Waals surface area contributed by atoms with Crippen molar-refractivity contribution in [1.29, 1.82) is 0 Å². The number of rotatable bonds is 5. The number of methoxy groups -OCH3 is 1. The first kappa shape index (κ1) is 23.0. The van der Waals surface area contributed by atoms with E-state index in [2.05, 4.69) is 37.4 Å². The van der Waals surface area contributed by atoms with Crippen molar-refractivity contribution in [2.75, 3.05) is 49.8 Å². The van der Waals surface area contributed by atoms with Crippen LogP contribution in [0.15, 0.2) is 36.7 Å². The average molecular weight is 473 g/mol. The molecule has 174 valence electrons. The molecule has 1 aromatic carbocycles. The number of aromatic nitrogens is 2. The summed E-state index contributed by atoms with van der Waals surface area (Å²) < 4.78 is 19.2. The summed E-state index contributed by atoms with van der Waals surface area (Å²) in [5.74, 6) is -0.0926. The molecule has 0 spiro atoms. The fraction of sp³-hybridized carbons (Fsp3) is 0.348. The Morgan fingerprint density at radius 1 is 1.27 bits per heavy atom. The molecule has 1 fully saturated rings. The van der Waals surface area contributed by atoms with E-state index in [0.717, 1.165) is 31.6 Å². The number of hydrogen-bond acceptors (Lipinski definition) is 6. The summed E-state index contributed by atoms with van der Waals surface area (Å²) in [5.41, 5.74) is 2.26. The van der Waals surface area contributed by atoms with Gasteiger partial charge in [-0.1, -0.05) is 11.6 Å². The molecule has 2 aromatic heterocycles. The summed E-state index contributed by atoms with van der Waals surface area (Å²) in [4.78, 5) is 25.7. The Labute approximate surface area is 196 Å². The number of benzene rings is 1. The molecule has 0 bridgehead atoms. The van der Waals surface area contributed by atoms with Gasteiger partial charge in [-0.15, -0.1) is 0 Å². The number of nitrogens with one attached hydrogen (secondary N) is 2. The summed E-state index contributed by atoms with van der Waals surface area (Å²) in [7, 11) is 5.52. The van der Waals surface area contributed by atoms with E-state index in [4.69, 9.17) is 16.3 Å². The van der Waals surface area contributed by atoms with Gasteiger partial charge in [0.05, 0.1) is 42.1 Å². The summed E-state index contributed by atoms with van der Waals surface area (Å²) in [5, 5.41) is 6.49. The van der Waals surface area contributed by atoms with E-state index in [1.165, 1.54) is 25.4 Å². The summed E-state index contributed by atoms with van der Waals surface area (Å²) in [6.07, 6.45) is 5.11. The summed E-state index contributed by atoms with van der Waals surface area (Å²) in [6, 6.07) is 5.75. The number of hydrogen-bond donors (Lipinski definition) is 2. The van der Waals surface area contributed by atoms with Crippen LogP contribution in [0.25, 0.3) is 10.9 Å². The first-order valence-electron chi connectivity index (χ1n) is 10.6. The largest absolute Gasteiger partial charge is 0.480 e.